The van der Waals surface area contributed by atoms with Crippen molar-refractivity contribution < 1.29 is 41.9 Å². The van der Waals surface area contributed by atoms with Crippen LogP contribution in [0.25, 0.3) is 0 Å². The molecule has 1 unspecified atom stereocenters. The molecule has 0 aromatic carbocycles. The van der Waals surface area contributed by atoms with E-state index in [0.717, 1.165) is 44.9 Å². The van der Waals surface area contributed by atoms with Gasteiger partial charge in [-0.1, -0.05) is 38.5 Å². The highest BCUT2D eigenvalue weighted by molar-refractivity contribution is 6.38. The van der Waals surface area contributed by atoms with Crippen molar-refractivity contribution in [3.05, 3.63) is 0 Å². The van der Waals surface area contributed by atoms with Crippen molar-refractivity contribution in [2.75, 3.05) is 13.1 Å². The molecule has 0 aromatic heterocycles. The molecule has 2 saturated heterocycles. The number of nitrogens with zero attached hydrogens (tertiary/aromatic N) is 1. The van der Waals surface area contributed by atoms with Crippen LogP contribution in [0.3, 0.4) is 0 Å². The summed E-state index contributed by atoms with van der Waals surface area (Å²) in [5.41, 5.74) is 0. The number of carbonyl (C=O) groups excluding carboxylic acids is 6. The fourth-order valence-corrected chi connectivity index (χ4v) is 8.25. The van der Waals surface area contributed by atoms with Crippen LogP contribution in [-0.2, 0) is 28.8 Å². The van der Waals surface area contributed by atoms with Gasteiger partial charge in [-0.05, 0) is 69.1 Å². The monoisotopic (exact) mass is 639 g/mol. The van der Waals surface area contributed by atoms with Crippen LogP contribution < -0.4 is 21.3 Å². The molecule has 4 N–H and O–H groups in total. The molecular formula is C31H44F3N5O6. The molecule has 0 bridgehead atoms. The van der Waals surface area contributed by atoms with Gasteiger partial charge in [0, 0.05) is 25.0 Å². The molecule has 5 fully saturated rings. The van der Waals surface area contributed by atoms with E-state index in [-0.39, 0.29) is 36.8 Å². The van der Waals surface area contributed by atoms with E-state index in [4.69, 9.17) is 0 Å². The lowest BCUT2D eigenvalue weighted by Crippen LogP contribution is -2.60. The summed E-state index contributed by atoms with van der Waals surface area (Å²) in [6.07, 6.45) is 3.94. The third kappa shape index (κ3) is 7.62. The molecule has 2 aliphatic heterocycles. The zero-order valence-electron chi connectivity index (χ0n) is 25.5. The topological polar surface area (TPSA) is 154 Å². The SMILES string of the molecule is O=C(NC1CCCC1)C(=O)[C@H](C[C@@H]1CCNC1=O)NC(=O)[C@@H]1[C@H]2CCC[C@H]2CN1C(=O)C(NC(=O)C(F)(F)F)C1CCCCC1. The van der Waals surface area contributed by atoms with Gasteiger partial charge in [0.2, 0.25) is 23.5 Å². The average Bonchev–Trinajstić information content (AvgIpc) is 3.81. The lowest BCUT2D eigenvalue weighted by molar-refractivity contribution is -0.175. The van der Waals surface area contributed by atoms with Crippen LogP contribution in [-0.4, -0.2) is 83.7 Å². The zero-order valence-corrected chi connectivity index (χ0v) is 25.5. The highest BCUT2D eigenvalue weighted by Gasteiger charge is 2.53. The first-order valence-electron chi connectivity index (χ1n) is 16.5. The Balaban J connectivity index is 1.37. The maximum Gasteiger partial charge on any atom is 0.471 e. The number of amides is 5. The molecule has 3 aliphatic carbocycles. The smallest absolute Gasteiger partial charge is 0.356 e. The van der Waals surface area contributed by atoms with Crippen molar-refractivity contribution in [1.82, 2.24) is 26.2 Å². The second-order valence-corrected chi connectivity index (χ2v) is 13.5. The van der Waals surface area contributed by atoms with Gasteiger partial charge in [0.25, 0.3) is 5.91 Å². The van der Waals surface area contributed by atoms with Crippen molar-refractivity contribution in [3.63, 3.8) is 0 Å². The van der Waals surface area contributed by atoms with Crippen molar-refractivity contribution in [3.8, 4) is 0 Å². The van der Waals surface area contributed by atoms with Gasteiger partial charge < -0.3 is 26.2 Å². The summed E-state index contributed by atoms with van der Waals surface area (Å²) in [7, 11) is 0. The molecule has 5 aliphatic rings. The van der Waals surface area contributed by atoms with Gasteiger partial charge in [-0.3, -0.25) is 28.8 Å². The van der Waals surface area contributed by atoms with Crippen LogP contribution in [0.2, 0.25) is 0 Å². The third-order valence-corrected chi connectivity index (χ3v) is 10.6. The van der Waals surface area contributed by atoms with E-state index in [1.807, 2.05) is 5.32 Å². The lowest BCUT2D eigenvalue weighted by atomic mass is 9.83. The molecule has 0 aromatic rings. The number of alkyl halides is 3. The van der Waals surface area contributed by atoms with Crippen LogP contribution in [0.4, 0.5) is 13.2 Å². The zero-order chi connectivity index (χ0) is 32.3. The largest absolute Gasteiger partial charge is 0.471 e. The van der Waals surface area contributed by atoms with Gasteiger partial charge in [-0.2, -0.15) is 13.2 Å². The summed E-state index contributed by atoms with van der Waals surface area (Å²) in [4.78, 5) is 80.3. The van der Waals surface area contributed by atoms with E-state index < -0.39 is 65.5 Å². The van der Waals surface area contributed by atoms with Crippen LogP contribution in [0.15, 0.2) is 0 Å². The maximum absolute atomic E-state index is 14.1. The summed E-state index contributed by atoms with van der Waals surface area (Å²) < 4.78 is 40.0. The van der Waals surface area contributed by atoms with E-state index in [1.54, 1.807) is 0 Å². The number of Topliss-reactive ketones (excluding diaryl/α,β-unsaturated/α-hetero) is 1. The van der Waals surface area contributed by atoms with Crippen molar-refractivity contribution in [1.29, 1.82) is 0 Å². The Kier molecular flexibility index (Phi) is 10.4. The van der Waals surface area contributed by atoms with Crippen LogP contribution in [0, 0.1) is 23.7 Å². The summed E-state index contributed by atoms with van der Waals surface area (Å²) >= 11 is 0. The van der Waals surface area contributed by atoms with Gasteiger partial charge >= 0.3 is 12.1 Å². The molecule has 5 rings (SSSR count). The summed E-state index contributed by atoms with van der Waals surface area (Å²) in [6.45, 7) is 0.562. The molecule has 3 saturated carbocycles. The van der Waals surface area contributed by atoms with Gasteiger partial charge in [0.05, 0.1) is 6.04 Å². The lowest BCUT2D eigenvalue weighted by Gasteiger charge is -2.36. The Hall–Kier alpha value is -3.19. The minimum absolute atomic E-state index is 0.0598. The number of hydrogen-bond acceptors (Lipinski definition) is 6. The van der Waals surface area contributed by atoms with Crippen LogP contribution in [0.1, 0.15) is 89.9 Å². The van der Waals surface area contributed by atoms with Crippen LogP contribution >= 0.6 is 0 Å². The Bertz CT molecular complexity index is 1170. The number of likely N-dealkylation sites (tertiary alicyclic amines) is 1. The van der Waals surface area contributed by atoms with Gasteiger partial charge in [0.15, 0.2) is 0 Å². The maximum atomic E-state index is 14.1. The summed E-state index contributed by atoms with van der Waals surface area (Å²) in [5, 5.41) is 10.1. The molecule has 250 valence electrons. The minimum Gasteiger partial charge on any atom is -0.356 e. The molecule has 0 radical (unpaired) electrons. The molecule has 45 heavy (non-hydrogen) atoms. The predicted molar refractivity (Wildman–Crippen MR) is 154 cm³/mol. The number of ketones is 1. The number of nitrogens with one attached hydrogen (secondary N) is 4. The molecule has 14 heteroatoms. The number of halogens is 3. The van der Waals surface area contributed by atoms with Crippen molar-refractivity contribution in [2.24, 2.45) is 23.7 Å². The van der Waals surface area contributed by atoms with E-state index in [1.165, 1.54) is 4.90 Å². The molecule has 2 heterocycles. The highest BCUT2D eigenvalue weighted by atomic mass is 19.4. The Morgan fingerprint density at radius 1 is 0.867 bits per heavy atom. The molecule has 11 nitrogen and oxygen atoms in total. The van der Waals surface area contributed by atoms with E-state index in [2.05, 4.69) is 16.0 Å². The predicted octanol–water partition coefficient (Wildman–Crippen LogP) is 1.88. The molecule has 6 atom stereocenters. The van der Waals surface area contributed by atoms with E-state index in [9.17, 15) is 41.9 Å². The average molecular weight is 640 g/mol. The second-order valence-electron chi connectivity index (χ2n) is 13.5. The second kappa shape index (κ2) is 14.1. The Labute approximate surface area is 260 Å². The first kappa shape index (κ1) is 33.2. The molecular weight excluding hydrogens is 595 g/mol. The minimum atomic E-state index is -5.18. The number of carbonyl (C=O) groups is 6. The van der Waals surface area contributed by atoms with Crippen molar-refractivity contribution in [2.45, 2.75) is 120 Å². The summed E-state index contributed by atoms with van der Waals surface area (Å²) in [5.74, 6) is -7.01. The Morgan fingerprint density at radius 2 is 1.56 bits per heavy atom. The van der Waals surface area contributed by atoms with Gasteiger partial charge in [0.1, 0.15) is 12.1 Å². The number of rotatable bonds is 10. The third-order valence-electron chi connectivity index (χ3n) is 10.6. The fourth-order valence-electron chi connectivity index (χ4n) is 8.25. The standard InChI is InChI=1S/C31H44F3N5O6/c32-31(33,34)30(45)38-23(17-7-2-1-3-8-17)29(44)39-16-19-9-6-12-21(19)24(39)27(42)37-22(15-18-13-14-35-26(18)41)25(40)28(43)36-20-10-4-5-11-20/h17-24H,1-16H2,(H,35,41)(H,36,43)(H,37,42)(H,38,45)/t18-,19-,21-,22-,23?,24-/m0/s1. The molecule has 5 amide bonds. The first-order valence-corrected chi connectivity index (χ1v) is 16.5. The molecule has 0 spiro atoms. The first-order chi connectivity index (χ1) is 21.4. The quantitative estimate of drug-likeness (QED) is 0.268. The van der Waals surface area contributed by atoms with Gasteiger partial charge in [-0.15, -0.1) is 0 Å². The number of hydrogen-bond donors (Lipinski definition) is 4. The van der Waals surface area contributed by atoms with E-state index >= 15 is 0 Å². The normalized spacial score (nSPS) is 28.7. The van der Waals surface area contributed by atoms with Crippen LogP contribution in [0.5, 0.6) is 0 Å². The number of fused-ring (bicyclic) bond motifs is 1. The highest BCUT2D eigenvalue weighted by Crippen LogP contribution is 2.43. The van der Waals surface area contributed by atoms with E-state index in [0.29, 0.717) is 45.1 Å². The fraction of sp³-hybridized carbons (Fsp3) is 0.806. The summed E-state index contributed by atoms with van der Waals surface area (Å²) in [6, 6.07) is -3.97. The van der Waals surface area contributed by atoms with Crippen molar-refractivity contribution >= 4 is 35.3 Å². The van der Waals surface area contributed by atoms with Gasteiger partial charge in [-0.25, -0.2) is 0 Å². The Morgan fingerprint density at radius 3 is 2.20 bits per heavy atom.